The molecule has 2 aromatic rings. The minimum Gasteiger partial charge on any atom is -0.504 e. The summed E-state index contributed by atoms with van der Waals surface area (Å²) in [5, 5.41) is 12.9. The van der Waals surface area contributed by atoms with Gasteiger partial charge in [0, 0.05) is 10.6 Å². The molecule has 160 valence electrons. The van der Waals surface area contributed by atoms with Crippen molar-refractivity contribution in [1.82, 2.24) is 5.32 Å². The van der Waals surface area contributed by atoms with Gasteiger partial charge in [-0.3, -0.25) is 14.9 Å². The Morgan fingerprint density at radius 2 is 1.97 bits per heavy atom. The average Bonchev–Trinajstić information content (AvgIpc) is 2.71. The molecule has 2 aromatic carbocycles. The first kappa shape index (κ1) is 22.1. The number of amides is 4. The van der Waals surface area contributed by atoms with Crippen molar-refractivity contribution < 1.29 is 24.2 Å². The van der Waals surface area contributed by atoms with E-state index in [1.165, 1.54) is 18.2 Å². The van der Waals surface area contributed by atoms with Gasteiger partial charge in [0.2, 0.25) is 0 Å². The number of carbonyl (C=O) groups is 3. The number of hydrogen-bond acceptors (Lipinski definition) is 5. The highest BCUT2D eigenvalue weighted by molar-refractivity contribution is 6.39. The van der Waals surface area contributed by atoms with Crippen LogP contribution in [0, 0.1) is 6.92 Å². The molecule has 0 aromatic heterocycles. The molecule has 1 fully saturated rings. The van der Waals surface area contributed by atoms with Crippen LogP contribution in [0.3, 0.4) is 0 Å². The van der Waals surface area contributed by atoms with Gasteiger partial charge in [-0.2, -0.15) is 0 Å². The van der Waals surface area contributed by atoms with E-state index in [1.54, 1.807) is 38.1 Å². The first-order valence-corrected chi connectivity index (χ1v) is 9.91. The third-order valence-electron chi connectivity index (χ3n) is 4.67. The van der Waals surface area contributed by atoms with Crippen molar-refractivity contribution in [3.8, 4) is 11.5 Å². The third-order valence-corrected chi connectivity index (χ3v) is 4.90. The number of phenolic OH excluding ortho intramolecular Hbond substituents is 1. The van der Waals surface area contributed by atoms with Gasteiger partial charge in [-0.25, -0.2) is 9.69 Å². The van der Waals surface area contributed by atoms with Crippen molar-refractivity contribution in [2.24, 2.45) is 0 Å². The van der Waals surface area contributed by atoms with Crippen molar-refractivity contribution in [2.75, 3.05) is 11.5 Å². The number of hydrogen-bond donors (Lipinski definition) is 2. The van der Waals surface area contributed by atoms with Crippen molar-refractivity contribution in [1.29, 1.82) is 0 Å². The second kappa shape index (κ2) is 9.06. The number of aryl methyl sites for hydroxylation is 1. The maximum atomic E-state index is 13.1. The lowest BCUT2D eigenvalue weighted by molar-refractivity contribution is -0.122. The largest absolute Gasteiger partial charge is 0.504 e. The first-order valence-electron chi connectivity index (χ1n) is 9.54. The molecule has 0 saturated carbocycles. The summed E-state index contributed by atoms with van der Waals surface area (Å²) in [6, 6.07) is 7.08. The summed E-state index contributed by atoms with van der Waals surface area (Å²) in [7, 11) is 0. The Balaban J connectivity index is 2.10. The van der Waals surface area contributed by atoms with Crippen molar-refractivity contribution >= 4 is 41.2 Å². The average molecular weight is 441 g/mol. The molecule has 1 aliphatic rings. The normalized spacial score (nSPS) is 15.3. The fourth-order valence-electron chi connectivity index (χ4n) is 3.22. The minimum absolute atomic E-state index is 0.0327. The number of phenols is 1. The van der Waals surface area contributed by atoms with Gasteiger partial charge in [-0.15, -0.1) is 6.58 Å². The molecule has 1 heterocycles. The first-order chi connectivity index (χ1) is 14.8. The highest BCUT2D eigenvalue weighted by atomic mass is 35.5. The van der Waals surface area contributed by atoms with Gasteiger partial charge in [0.1, 0.15) is 5.57 Å². The molecule has 0 bridgehead atoms. The van der Waals surface area contributed by atoms with Crippen LogP contribution >= 0.6 is 11.6 Å². The molecule has 7 nitrogen and oxygen atoms in total. The predicted octanol–water partition coefficient (Wildman–Crippen LogP) is 4.15. The Morgan fingerprint density at radius 3 is 2.65 bits per heavy atom. The third kappa shape index (κ3) is 4.46. The van der Waals surface area contributed by atoms with Crippen molar-refractivity contribution in [3.63, 3.8) is 0 Å². The van der Waals surface area contributed by atoms with Gasteiger partial charge in [-0.05, 0) is 61.7 Å². The summed E-state index contributed by atoms with van der Waals surface area (Å²) < 4.78 is 5.47. The van der Waals surface area contributed by atoms with E-state index in [9.17, 15) is 19.5 Å². The lowest BCUT2D eigenvalue weighted by Gasteiger charge is -2.27. The topological polar surface area (TPSA) is 95.9 Å². The highest BCUT2D eigenvalue weighted by Crippen LogP contribution is 2.34. The van der Waals surface area contributed by atoms with Crippen LogP contribution in [0.4, 0.5) is 10.5 Å². The Labute approximate surface area is 184 Å². The van der Waals surface area contributed by atoms with Crippen LogP contribution in [0.1, 0.15) is 23.6 Å². The van der Waals surface area contributed by atoms with E-state index in [0.717, 1.165) is 4.90 Å². The van der Waals surface area contributed by atoms with E-state index in [0.29, 0.717) is 34.7 Å². The number of ether oxygens (including phenoxy) is 1. The number of aromatic hydroxyl groups is 1. The Morgan fingerprint density at radius 1 is 1.23 bits per heavy atom. The summed E-state index contributed by atoms with van der Waals surface area (Å²) in [5.41, 5.74) is 1.65. The summed E-state index contributed by atoms with van der Waals surface area (Å²) in [6.07, 6.45) is 3.32. The molecule has 1 saturated heterocycles. The summed E-state index contributed by atoms with van der Waals surface area (Å²) >= 11 is 6.04. The number of barbiturate groups is 1. The van der Waals surface area contributed by atoms with Gasteiger partial charge in [0.25, 0.3) is 11.8 Å². The minimum atomic E-state index is -0.856. The molecule has 4 amide bonds. The van der Waals surface area contributed by atoms with E-state index >= 15 is 0 Å². The fraction of sp³-hybridized carbons (Fsp3) is 0.174. The molecule has 0 unspecified atom stereocenters. The van der Waals surface area contributed by atoms with Gasteiger partial charge in [0.05, 0.1) is 12.3 Å². The van der Waals surface area contributed by atoms with Crippen LogP contribution in [0.15, 0.2) is 48.6 Å². The molecule has 1 aliphatic heterocycles. The van der Waals surface area contributed by atoms with Crippen LogP contribution in [-0.4, -0.2) is 29.6 Å². The smallest absolute Gasteiger partial charge is 0.335 e. The molecular weight excluding hydrogens is 420 g/mol. The summed E-state index contributed by atoms with van der Waals surface area (Å²) in [6.45, 7) is 7.48. The van der Waals surface area contributed by atoms with Crippen molar-refractivity contribution in [3.05, 3.63) is 70.3 Å². The maximum Gasteiger partial charge on any atom is 0.335 e. The molecule has 0 atom stereocenters. The molecule has 31 heavy (non-hydrogen) atoms. The Bertz CT molecular complexity index is 1120. The molecule has 0 spiro atoms. The number of allylic oxidation sites excluding steroid dienone is 1. The van der Waals surface area contributed by atoms with Crippen LogP contribution in [0.5, 0.6) is 11.5 Å². The van der Waals surface area contributed by atoms with E-state index in [1.807, 2.05) is 0 Å². The van der Waals surface area contributed by atoms with E-state index in [4.69, 9.17) is 16.3 Å². The number of rotatable bonds is 6. The SMILES string of the molecule is C=CCc1cc(/C=C2\C(=O)NC(=O)N(c3cc(Cl)ccc3C)C2=O)cc(OCC)c1O. The Kier molecular flexibility index (Phi) is 6.46. The molecule has 0 radical (unpaired) electrons. The quantitative estimate of drug-likeness (QED) is 0.399. The van der Waals surface area contributed by atoms with E-state index < -0.39 is 17.8 Å². The number of carbonyl (C=O) groups excluding carboxylic acids is 3. The maximum absolute atomic E-state index is 13.1. The molecule has 2 N–H and O–H groups in total. The molecular formula is C23H21ClN2O5. The second-order valence-corrected chi connectivity index (χ2v) is 7.28. The number of benzene rings is 2. The van der Waals surface area contributed by atoms with Gasteiger partial charge in [0.15, 0.2) is 11.5 Å². The molecule has 8 heteroatoms. The van der Waals surface area contributed by atoms with Crippen LogP contribution < -0.4 is 15.0 Å². The predicted molar refractivity (Wildman–Crippen MR) is 118 cm³/mol. The van der Waals surface area contributed by atoms with Gasteiger partial charge in [-0.1, -0.05) is 23.7 Å². The van der Waals surface area contributed by atoms with E-state index in [-0.39, 0.29) is 22.8 Å². The number of nitrogens with one attached hydrogen (secondary N) is 1. The van der Waals surface area contributed by atoms with Crippen LogP contribution in [0.2, 0.25) is 5.02 Å². The zero-order valence-corrected chi connectivity index (χ0v) is 17.8. The lowest BCUT2D eigenvalue weighted by Crippen LogP contribution is -2.54. The summed E-state index contributed by atoms with van der Waals surface area (Å²) in [4.78, 5) is 38.9. The summed E-state index contributed by atoms with van der Waals surface area (Å²) in [5.74, 6) is -1.41. The Hall–Kier alpha value is -3.58. The lowest BCUT2D eigenvalue weighted by atomic mass is 10.0. The second-order valence-electron chi connectivity index (χ2n) is 6.84. The van der Waals surface area contributed by atoms with Crippen LogP contribution in [-0.2, 0) is 16.0 Å². The molecule has 0 aliphatic carbocycles. The van der Waals surface area contributed by atoms with Gasteiger partial charge < -0.3 is 9.84 Å². The van der Waals surface area contributed by atoms with Crippen LogP contribution in [0.25, 0.3) is 6.08 Å². The monoisotopic (exact) mass is 440 g/mol. The zero-order valence-electron chi connectivity index (χ0n) is 17.1. The van der Waals surface area contributed by atoms with Crippen molar-refractivity contribution in [2.45, 2.75) is 20.3 Å². The highest BCUT2D eigenvalue weighted by Gasteiger charge is 2.37. The van der Waals surface area contributed by atoms with E-state index in [2.05, 4.69) is 11.9 Å². The molecule has 3 rings (SSSR count). The number of anilines is 1. The number of nitrogens with zero attached hydrogens (tertiary/aromatic N) is 1. The number of halogens is 1. The number of urea groups is 1. The fourth-order valence-corrected chi connectivity index (χ4v) is 3.38. The standard InChI is InChI=1S/C23H21ClN2O5/c1-4-6-15-9-14(11-19(20(15)27)31-5-2)10-17-21(28)25-23(30)26(22(17)29)18-12-16(24)8-7-13(18)3/h4,7-12,27H,1,5-6H2,2-3H3,(H,25,28,30)/b17-10+. The number of imide groups is 2. The zero-order chi connectivity index (χ0) is 22.7. The van der Waals surface area contributed by atoms with Gasteiger partial charge >= 0.3 is 6.03 Å².